The predicted octanol–water partition coefficient (Wildman–Crippen LogP) is 4.66. The summed E-state index contributed by atoms with van der Waals surface area (Å²) < 4.78 is 28.8. The zero-order valence-corrected chi connectivity index (χ0v) is 25.8. The van der Waals surface area contributed by atoms with E-state index in [4.69, 9.17) is 0 Å². The van der Waals surface area contributed by atoms with E-state index in [2.05, 4.69) is 34.1 Å². The van der Waals surface area contributed by atoms with Gasteiger partial charge in [-0.05, 0) is 67.6 Å². The number of amides is 2. The summed E-state index contributed by atoms with van der Waals surface area (Å²) in [5, 5.41) is 5.36. The summed E-state index contributed by atoms with van der Waals surface area (Å²) in [5.74, 6) is -0.267. The largest absolute Gasteiger partial charge is 0.341 e. The molecular formula is C33H44N4O4S. The fourth-order valence-corrected chi connectivity index (χ4v) is 6.21. The average Bonchev–Trinajstić information content (AvgIpc) is 3.01. The number of nitrogens with zero attached hydrogens (tertiary/aromatic N) is 1. The number of ketones is 1. The van der Waals surface area contributed by atoms with E-state index in [9.17, 15) is 18.0 Å². The van der Waals surface area contributed by atoms with Gasteiger partial charge >= 0.3 is 6.03 Å². The Bertz CT molecular complexity index is 1370. The van der Waals surface area contributed by atoms with E-state index in [1.807, 2.05) is 66.7 Å². The minimum atomic E-state index is -3.66. The van der Waals surface area contributed by atoms with Crippen molar-refractivity contribution in [2.75, 3.05) is 39.0 Å². The van der Waals surface area contributed by atoms with Gasteiger partial charge in [-0.15, -0.1) is 0 Å². The molecule has 0 aliphatic heterocycles. The normalized spacial score (nSPS) is 12.2. The van der Waals surface area contributed by atoms with Crippen molar-refractivity contribution in [2.45, 2.75) is 45.6 Å². The van der Waals surface area contributed by atoms with Crippen LogP contribution in [-0.4, -0.2) is 70.2 Å². The Hall–Kier alpha value is -3.53. The number of sulfonamides is 1. The molecule has 0 aliphatic rings. The first kappa shape index (κ1) is 33.0. The van der Waals surface area contributed by atoms with Crippen LogP contribution in [0, 0.1) is 0 Å². The minimum Gasteiger partial charge on any atom is -0.341 e. The van der Waals surface area contributed by atoms with Gasteiger partial charge in [0.05, 0.1) is 11.8 Å². The molecule has 1 atom stereocenters. The molecule has 3 rings (SSSR count). The van der Waals surface area contributed by atoms with Crippen molar-refractivity contribution in [3.05, 3.63) is 95.6 Å². The van der Waals surface area contributed by atoms with Crippen molar-refractivity contribution in [3.63, 3.8) is 0 Å². The standard InChI is InChI=1S/C33H44N4O4S/c1-4-37(5-2)24-11-25-42(40,41)36-31(21-16-26-12-7-6-8-13-26)32(38)29-19-17-28(18-20-29)30-15-10-9-14-27(30)22-23-35-33(39)34-3/h6-10,12-15,17-20,31,36H,4-5,11,16,21-25H2,1-3H3,(H2,34,35,39)/t31-/m1/s1. The number of carbonyl (C=O) groups excluding carboxylic acids is 2. The summed E-state index contributed by atoms with van der Waals surface area (Å²) in [6.45, 7) is 7.05. The second-order valence-corrected chi connectivity index (χ2v) is 12.1. The number of aryl methyl sites for hydroxylation is 1. The lowest BCUT2D eigenvalue weighted by molar-refractivity contribution is 0.0949. The van der Waals surface area contributed by atoms with Crippen molar-refractivity contribution in [3.8, 4) is 11.1 Å². The lowest BCUT2D eigenvalue weighted by Gasteiger charge is -2.20. The van der Waals surface area contributed by atoms with Crippen molar-refractivity contribution in [1.82, 2.24) is 20.3 Å². The Balaban J connectivity index is 1.75. The van der Waals surface area contributed by atoms with E-state index in [0.717, 1.165) is 35.3 Å². The van der Waals surface area contributed by atoms with E-state index in [1.54, 1.807) is 19.2 Å². The van der Waals surface area contributed by atoms with Gasteiger partial charge in [0.1, 0.15) is 0 Å². The van der Waals surface area contributed by atoms with Crippen LogP contribution in [-0.2, 0) is 22.9 Å². The maximum atomic E-state index is 13.7. The Kier molecular flexibility index (Phi) is 13.2. The molecule has 9 heteroatoms. The Morgan fingerprint density at radius 2 is 1.52 bits per heavy atom. The molecule has 0 unspecified atom stereocenters. The van der Waals surface area contributed by atoms with E-state index in [1.165, 1.54) is 0 Å². The van der Waals surface area contributed by atoms with E-state index < -0.39 is 16.1 Å². The molecule has 2 amide bonds. The number of hydrogen-bond acceptors (Lipinski definition) is 5. The number of carbonyl (C=O) groups is 2. The van der Waals surface area contributed by atoms with E-state index in [0.29, 0.717) is 44.3 Å². The quantitative estimate of drug-likeness (QED) is 0.198. The second-order valence-electron chi connectivity index (χ2n) is 10.2. The van der Waals surface area contributed by atoms with Gasteiger partial charge in [0.25, 0.3) is 0 Å². The van der Waals surface area contributed by atoms with Crippen molar-refractivity contribution < 1.29 is 18.0 Å². The first-order valence-electron chi connectivity index (χ1n) is 14.7. The van der Waals surface area contributed by atoms with E-state index >= 15 is 0 Å². The highest BCUT2D eigenvalue weighted by atomic mass is 32.2. The zero-order chi connectivity index (χ0) is 30.4. The molecule has 0 aliphatic carbocycles. The summed E-state index contributed by atoms with van der Waals surface area (Å²) in [4.78, 5) is 27.4. The molecule has 0 fully saturated rings. The van der Waals surface area contributed by atoms with Crippen LogP contribution in [0.1, 0.15) is 48.2 Å². The maximum absolute atomic E-state index is 13.7. The summed E-state index contributed by atoms with van der Waals surface area (Å²) >= 11 is 0. The molecule has 0 saturated carbocycles. The number of Topliss-reactive ketones (excluding diaryl/α,β-unsaturated/α-hetero) is 1. The SMILES string of the molecule is CCN(CC)CCCS(=O)(=O)N[C@H](CCc1ccccc1)C(=O)c1ccc(-c2ccccc2CCNC(=O)NC)cc1. The number of rotatable bonds is 17. The molecule has 0 saturated heterocycles. The third-order valence-corrected chi connectivity index (χ3v) is 8.86. The molecule has 42 heavy (non-hydrogen) atoms. The zero-order valence-electron chi connectivity index (χ0n) is 24.9. The molecule has 0 radical (unpaired) electrons. The lowest BCUT2D eigenvalue weighted by Crippen LogP contribution is -2.42. The van der Waals surface area contributed by atoms with Gasteiger partial charge in [0.2, 0.25) is 10.0 Å². The topological polar surface area (TPSA) is 108 Å². The average molecular weight is 593 g/mol. The van der Waals surface area contributed by atoms with Gasteiger partial charge in [-0.3, -0.25) is 4.79 Å². The van der Waals surface area contributed by atoms with Crippen LogP contribution in [0.3, 0.4) is 0 Å². The second kappa shape index (κ2) is 16.8. The van der Waals surface area contributed by atoms with Crippen LogP contribution in [0.2, 0.25) is 0 Å². The van der Waals surface area contributed by atoms with Gasteiger partial charge in [-0.1, -0.05) is 92.7 Å². The minimum absolute atomic E-state index is 0.0247. The van der Waals surface area contributed by atoms with Gasteiger partial charge in [0, 0.05) is 19.2 Å². The van der Waals surface area contributed by atoms with Crippen LogP contribution >= 0.6 is 0 Å². The summed E-state index contributed by atoms with van der Waals surface area (Å²) in [6.07, 6.45) is 2.10. The van der Waals surface area contributed by atoms with E-state index in [-0.39, 0.29) is 17.6 Å². The predicted molar refractivity (Wildman–Crippen MR) is 170 cm³/mol. The molecule has 0 heterocycles. The number of urea groups is 1. The van der Waals surface area contributed by atoms with Crippen molar-refractivity contribution in [2.24, 2.45) is 0 Å². The first-order valence-corrected chi connectivity index (χ1v) is 16.4. The number of benzene rings is 3. The highest BCUT2D eigenvalue weighted by Gasteiger charge is 2.25. The summed E-state index contributed by atoms with van der Waals surface area (Å²) in [6, 6.07) is 24.0. The van der Waals surface area contributed by atoms with Gasteiger partial charge in [0.15, 0.2) is 5.78 Å². The third kappa shape index (κ3) is 10.4. The van der Waals surface area contributed by atoms with Gasteiger partial charge in [-0.2, -0.15) is 0 Å². The summed E-state index contributed by atoms with van der Waals surface area (Å²) in [5.41, 5.74) is 4.55. The Morgan fingerprint density at radius 3 is 2.19 bits per heavy atom. The molecule has 3 N–H and O–H groups in total. The fourth-order valence-electron chi connectivity index (χ4n) is 4.93. The monoisotopic (exact) mass is 592 g/mol. The van der Waals surface area contributed by atoms with Crippen molar-refractivity contribution in [1.29, 1.82) is 0 Å². The highest BCUT2D eigenvalue weighted by molar-refractivity contribution is 7.89. The molecule has 3 aromatic carbocycles. The highest BCUT2D eigenvalue weighted by Crippen LogP contribution is 2.25. The van der Waals surface area contributed by atoms with Crippen molar-refractivity contribution >= 4 is 21.8 Å². The molecule has 8 nitrogen and oxygen atoms in total. The van der Waals surface area contributed by atoms with Gasteiger partial charge in [-0.25, -0.2) is 17.9 Å². The molecule has 0 aromatic heterocycles. The van der Waals surface area contributed by atoms with Crippen LogP contribution < -0.4 is 15.4 Å². The van der Waals surface area contributed by atoms with Crippen LogP contribution in [0.25, 0.3) is 11.1 Å². The molecule has 0 spiro atoms. The molecule has 226 valence electrons. The first-order chi connectivity index (χ1) is 20.3. The Labute approximate surface area is 251 Å². The van der Waals surface area contributed by atoms with Crippen LogP contribution in [0.15, 0.2) is 78.9 Å². The van der Waals surface area contributed by atoms with Gasteiger partial charge < -0.3 is 15.5 Å². The third-order valence-electron chi connectivity index (χ3n) is 7.39. The molecule has 3 aromatic rings. The van der Waals surface area contributed by atoms with Crippen LogP contribution in [0.5, 0.6) is 0 Å². The lowest BCUT2D eigenvalue weighted by atomic mass is 9.94. The fraction of sp³-hybridized carbons (Fsp3) is 0.394. The Morgan fingerprint density at radius 1 is 0.857 bits per heavy atom. The number of nitrogens with one attached hydrogen (secondary N) is 3. The van der Waals surface area contributed by atoms with Crippen LogP contribution in [0.4, 0.5) is 4.79 Å². The smallest absolute Gasteiger partial charge is 0.314 e. The molecular weight excluding hydrogens is 548 g/mol. The summed E-state index contributed by atoms with van der Waals surface area (Å²) in [7, 11) is -2.08. The maximum Gasteiger partial charge on any atom is 0.314 e. The molecule has 0 bridgehead atoms. The number of hydrogen-bond donors (Lipinski definition) is 3.